The van der Waals surface area contributed by atoms with Gasteiger partial charge < -0.3 is 4.98 Å². The molecule has 0 saturated carbocycles. The molecule has 1 aliphatic heterocycles. The van der Waals surface area contributed by atoms with E-state index in [1.165, 1.54) is 45.4 Å². The monoisotopic (exact) mass is 426 g/mol. The number of Topliss-reactive ketones (excluding diaryl/α,β-unsaturated/α-hetero) is 1. The summed E-state index contributed by atoms with van der Waals surface area (Å²) in [6, 6.07) is 22.9. The molecule has 4 heteroatoms. The summed E-state index contributed by atoms with van der Waals surface area (Å²) in [5.74, 6) is -0.242. The number of rotatable bonds is 7. The van der Waals surface area contributed by atoms with E-state index in [1.54, 1.807) is 12.1 Å². The molecule has 1 aromatic heterocycles. The molecule has 162 valence electrons. The summed E-state index contributed by atoms with van der Waals surface area (Å²) in [6.45, 7) is 2.95. The maximum atomic E-state index is 13.1. The zero-order valence-corrected chi connectivity index (χ0v) is 18.1. The summed E-state index contributed by atoms with van der Waals surface area (Å²) in [5, 5.41) is 1.33. The molecule has 0 radical (unpaired) electrons. The summed E-state index contributed by atoms with van der Waals surface area (Å²) in [7, 11) is 0. The van der Waals surface area contributed by atoms with Crippen LogP contribution < -0.4 is 0 Å². The highest BCUT2D eigenvalue weighted by Gasteiger charge is 2.22. The van der Waals surface area contributed by atoms with Crippen molar-refractivity contribution in [1.82, 2.24) is 9.88 Å². The van der Waals surface area contributed by atoms with Crippen molar-refractivity contribution >= 4 is 16.7 Å². The molecule has 2 heterocycles. The predicted octanol–water partition coefficient (Wildman–Crippen LogP) is 6.07. The molecule has 0 unspecified atom stereocenters. The molecular weight excluding hydrogens is 399 g/mol. The molecule has 3 aromatic carbocycles. The number of fused-ring (bicyclic) bond motifs is 3. The summed E-state index contributed by atoms with van der Waals surface area (Å²) in [5.41, 5.74) is 7.17. The molecule has 0 amide bonds. The Hall–Kier alpha value is -3.24. The van der Waals surface area contributed by atoms with Crippen LogP contribution in [0.5, 0.6) is 0 Å². The van der Waals surface area contributed by atoms with Gasteiger partial charge in [0.2, 0.25) is 0 Å². The quantitative estimate of drug-likeness (QED) is 0.364. The second-order valence-electron chi connectivity index (χ2n) is 8.65. The first-order valence-corrected chi connectivity index (χ1v) is 11.3. The Morgan fingerprint density at radius 3 is 2.59 bits per heavy atom. The van der Waals surface area contributed by atoms with Crippen molar-refractivity contribution in [3.8, 4) is 0 Å². The highest BCUT2D eigenvalue weighted by atomic mass is 19.1. The van der Waals surface area contributed by atoms with E-state index in [0.29, 0.717) is 12.0 Å². The molecule has 32 heavy (non-hydrogen) atoms. The predicted molar refractivity (Wildman–Crippen MR) is 126 cm³/mol. The Morgan fingerprint density at radius 1 is 0.969 bits per heavy atom. The third kappa shape index (κ3) is 4.37. The lowest BCUT2D eigenvalue weighted by Crippen LogP contribution is -2.29. The lowest BCUT2D eigenvalue weighted by Gasteiger charge is -2.27. The van der Waals surface area contributed by atoms with Crippen LogP contribution in [0, 0.1) is 5.82 Å². The molecule has 4 aromatic rings. The van der Waals surface area contributed by atoms with Gasteiger partial charge in [0.05, 0.1) is 0 Å². The number of halogens is 1. The van der Waals surface area contributed by atoms with Crippen molar-refractivity contribution in [3.63, 3.8) is 0 Å². The molecule has 0 aliphatic carbocycles. The van der Waals surface area contributed by atoms with E-state index >= 15 is 0 Å². The van der Waals surface area contributed by atoms with E-state index < -0.39 is 0 Å². The van der Waals surface area contributed by atoms with Crippen LogP contribution in [0.4, 0.5) is 4.39 Å². The number of aromatic nitrogens is 1. The Kier molecular flexibility index (Phi) is 5.87. The zero-order chi connectivity index (χ0) is 21.9. The highest BCUT2D eigenvalue weighted by Crippen LogP contribution is 2.31. The molecule has 1 N–H and O–H groups in total. The topological polar surface area (TPSA) is 36.1 Å². The Bertz CT molecular complexity index is 1230. The summed E-state index contributed by atoms with van der Waals surface area (Å²) in [4.78, 5) is 18.6. The lowest BCUT2D eigenvalue weighted by atomic mass is 9.96. The van der Waals surface area contributed by atoms with E-state index in [2.05, 4.69) is 58.4 Å². The number of H-pyrrole nitrogens is 1. The first-order chi connectivity index (χ1) is 15.7. The molecular formula is C28H27FN2O. The average molecular weight is 427 g/mol. The number of aryl methyl sites for hydroxylation is 1. The van der Waals surface area contributed by atoms with Gasteiger partial charge in [-0.1, -0.05) is 42.5 Å². The molecule has 0 fully saturated rings. The fourth-order valence-corrected chi connectivity index (χ4v) is 4.81. The van der Waals surface area contributed by atoms with Crippen LogP contribution in [0.3, 0.4) is 0 Å². The van der Waals surface area contributed by atoms with Crippen LogP contribution in [-0.2, 0) is 25.9 Å². The van der Waals surface area contributed by atoms with E-state index in [1.807, 2.05) is 0 Å². The molecule has 0 atom stereocenters. The molecule has 0 spiro atoms. The lowest BCUT2D eigenvalue weighted by molar-refractivity contribution is 0.0980. The van der Waals surface area contributed by atoms with Gasteiger partial charge in [0.15, 0.2) is 5.78 Å². The minimum atomic E-state index is -0.313. The van der Waals surface area contributed by atoms with Crippen molar-refractivity contribution in [3.05, 3.63) is 107 Å². The Morgan fingerprint density at radius 2 is 1.78 bits per heavy atom. The first kappa shape index (κ1) is 20.7. The number of carbonyl (C=O) groups is 1. The van der Waals surface area contributed by atoms with Gasteiger partial charge in [0, 0.05) is 54.6 Å². The molecule has 3 nitrogen and oxygen atoms in total. The van der Waals surface area contributed by atoms with E-state index in [4.69, 9.17) is 0 Å². The van der Waals surface area contributed by atoms with Crippen LogP contribution in [-0.4, -0.2) is 22.2 Å². The van der Waals surface area contributed by atoms with E-state index in [0.717, 1.165) is 38.9 Å². The van der Waals surface area contributed by atoms with Crippen molar-refractivity contribution < 1.29 is 9.18 Å². The number of carbonyl (C=O) groups excluding carboxylic acids is 1. The van der Waals surface area contributed by atoms with Gasteiger partial charge in [0.25, 0.3) is 0 Å². The SMILES string of the molecule is O=C(CCCc1cccc2[nH]c3c(c12)CN(Cc1ccccc1)CC3)c1ccc(F)cc1. The number of hydrogen-bond acceptors (Lipinski definition) is 2. The van der Waals surface area contributed by atoms with Crippen LogP contribution >= 0.6 is 0 Å². The van der Waals surface area contributed by atoms with Gasteiger partial charge >= 0.3 is 0 Å². The zero-order valence-electron chi connectivity index (χ0n) is 18.1. The van der Waals surface area contributed by atoms with Gasteiger partial charge in [-0.3, -0.25) is 9.69 Å². The number of nitrogens with one attached hydrogen (secondary N) is 1. The Balaban J connectivity index is 1.31. The normalized spacial score (nSPS) is 13.9. The first-order valence-electron chi connectivity index (χ1n) is 11.3. The summed E-state index contributed by atoms with van der Waals surface area (Å²) >= 11 is 0. The third-order valence-corrected chi connectivity index (χ3v) is 6.43. The molecule has 5 rings (SSSR count). The van der Waals surface area contributed by atoms with E-state index in [-0.39, 0.29) is 11.6 Å². The average Bonchev–Trinajstić information content (AvgIpc) is 3.19. The van der Waals surface area contributed by atoms with Crippen LogP contribution in [0.25, 0.3) is 10.9 Å². The van der Waals surface area contributed by atoms with Crippen LogP contribution in [0.1, 0.15) is 45.6 Å². The standard InChI is InChI=1S/C28H27FN2O/c29-23-14-12-21(13-15-23)27(32)11-5-9-22-8-4-10-26-28(22)24-19-31(17-16-25(24)30-26)18-20-6-2-1-3-7-20/h1-4,6-8,10,12-15,30H,5,9,11,16-19H2. The number of aromatic amines is 1. The number of ketones is 1. The van der Waals surface area contributed by atoms with Crippen molar-refractivity contribution in [1.29, 1.82) is 0 Å². The highest BCUT2D eigenvalue weighted by molar-refractivity contribution is 5.96. The van der Waals surface area contributed by atoms with Crippen LogP contribution in [0.2, 0.25) is 0 Å². The number of nitrogens with zero attached hydrogens (tertiary/aromatic N) is 1. The molecule has 0 saturated heterocycles. The van der Waals surface area contributed by atoms with Crippen molar-refractivity contribution in [2.45, 2.75) is 38.8 Å². The fourth-order valence-electron chi connectivity index (χ4n) is 4.81. The maximum absolute atomic E-state index is 13.1. The summed E-state index contributed by atoms with van der Waals surface area (Å²) < 4.78 is 13.1. The van der Waals surface area contributed by atoms with Gasteiger partial charge in [-0.25, -0.2) is 4.39 Å². The smallest absolute Gasteiger partial charge is 0.162 e. The molecule has 1 aliphatic rings. The van der Waals surface area contributed by atoms with Gasteiger partial charge in [0.1, 0.15) is 5.82 Å². The minimum Gasteiger partial charge on any atom is -0.358 e. The fraction of sp³-hybridized carbons (Fsp3) is 0.250. The van der Waals surface area contributed by atoms with Crippen LogP contribution in [0.15, 0.2) is 72.8 Å². The van der Waals surface area contributed by atoms with Gasteiger partial charge in [-0.05, 0) is 59.9 Å². The second-order valence-corrected chi connectivity index (χ2v) is 8.65. The van der Waals surface area contributed by atoms with Gasteiger partial charge in [-0.2, -0.15) is 0 Å². The second kappa shape index (κ2) is 9.09. The largest absolute Gasteiger partial charge is 0.358 e. The molecule has 0 bridgehead atoms. The number of hydrogen-bond donors (Lipinski definition) is 1. The number of benzene rings is 3. The van der Waals surface area contributed by atoms with Crippen molar-refractivity contribution in [2.24, 2.45) is 0 Å². The Labute approximate surface area is 187 Å². The van der Waals surface area contributed by atoms with E-state index in [9.17, 15) is 9.18 Å². The van der Waals surface area contributed by atoms with Gasteiger partial charge in [-0.15, -0.1) is 0 Å². The maximum Gasteiger partial charge on any atom is 0.162 e. The van der Waals surface area contributed by atoms with Crippen molar-refractivity contribution in [2.75, 3.05) is 6.54 Å². The minimum absolute atomic E-state index is 0.0716. The summed E-state index contributed by atoms with van der Waals surface area (Å²) in [6.07, 6.45) is 3.13. The third-order valence-electron chi connectivity index (χ3n) is 6.43.